The van der Waals surface area contributed by atoms with E-state index in [0.717, 1.165) is 39.7 Å². The van der Waals surface area contributed by atoms with E-state index in [1.54, 1.807) is 6.07 Å². The van der Waals surface area contributed by atoms with E-state index < -0.39 is 16.9 Å². The Kier molecular flexibility index (Phi) is 6.32. The predicted molar refractivity (Wildman–Crippen MR) is 125 cm³/mol. The highest BCUT2D eigenvalue weighted by atomic mass is 32.2. The van der Waals surface area contributed by atoms with Gasteiger partial charge in [0, 0.05) is 24.4 Å². The molecule has 3 N–H and O–H groups in total. The van der Waals surface area contributed by atoms with Crippen molar-refractivity contribution < 1.29 is 19.6 Å². The molecule has 1 atom stereocenters. The Morgan fingerprint density at radius 3 is 2.72 bits per heavy atom. The van der Waals surface area contributed by atoms with E-state index in [2.05, 4.69) is 20.6 Å². The largest absolute Gasteiger partial charge is 0.481 e. The van der Waals surface area contributed by atoms with Crippen LogP contribution in [0.5, 0.6) is 0 Å². The second-order valence-corrected chi connectivity index (χ2v) is 8.92. The molecular formula is C20H17N5O5S2. The summed E-state index contributed by atoms with van der Waals surface area (Å²) in [5.74, 6) is -1.06. The molecule has 1 aliphatic heterocycles. The number of amidine groups is 1. The van der Waals surface area contributed by atoms with Gasteiger partial charge in [0.25, 0.3) is 5.69 Å². The summed E-state index contributed by atoms with van der Waals surface area (Å²) in [5, 5.41) is 26.8. The van der Waals surface area contributed by atoms with Gasteiger partial charge in [0.2, 0.25) is 5.12 Å². The van der Waals surface area contributed by atoms with Gasteiger partial charge in [-0.1, -0.05) is 23.5 Å². The maximum Gasteiger partial charge on any atom is 0.306 e. The topological polar surface area (TPSA) is 147 Å². The van der Waals surface area contributed by atoms with Gasteiger partial charge in [0.1, 0.15) is 6.04 Å². The lowest BCUT2D eigenvalue weighted by atomic mass is 10.1. The molecule has 0 spiro atoms. The average molecular weight is 472 g/mol. The summed E-state index contributed by atoms with van der Waals surface area (Å²) in [5.41, 5.74) is 2.60. The molecule has 3 aromatic rings. The van der Waals surface area contributed by atoms with E-state index >= 15 is 0 Å². The van der Waals surface area contributed by atoms with Gasteiger partial charge in [-0.05, 0) is 41.9 Å². The minimum Gasteiger partial charge on any atom is -0.481 e. The maximum absolute atomic E-state index is 11.8. The fourth-order valence-electron chi connectivity index (χ4n) is 3.03. The van der Waals surface area contributed by atoms with Crippen molar-refractivity contribution in [3.8, 4) is 0 Å². The van der Waals surface area contributed by atoms with Crippen LogP contribution in [0.25, 0.3) is 10.2 Å². The van der Waals surface area contributed by atoms with Crippen LogP contribution in [-0.4, -0.2) is 43.9 Å². The summed E-state index contributed by atoms with van der Waals surface area (Å²) in [6.07, 6.45) is 0.430. The van der Waals surface area contributed by atoms with Crippen molar-refractivity contribution in [2.45, 2.75) is 18.9 Å². The fourth-order valence-corrected chi connectivity index (χ4v) is 4.77. The molecule has 0 bridgehead atoms. The fraction of sp³-hybridized carbons (Fsp3) is 0.200. The Hall–Kier alpha value is -3.51. The lowest BCUT2D eigenvalue weighted by molar-refractivity contribution is -0.384. The smallest absolute Gasteiger partial charge is 0.306 e. The number of thioether (sulfide) groups is 1. The number of rotatable bonds is 8. The molecule has 1 aliphatic rings. The highest BCUT2D eigenvalue weighted by Gasteiger charge is 2.29. The van der Waals surface area contributed by atoms with Crippen LogP contribution in [0.2, 0.25) is 0 Å². The lowest BCUT2D eigenvalue weighted by Gasteiger charge is -2.07. The van der Waals surface area contributed by atoms with Crippen LogP contribution in [0, 0.1) is 10.1 Å². The summed E-state index contributed by atoms with van der Waals surface area (Å²) < 4.78 is 0.758. The average Bonchev–Trinajstić information content (AvgIpc) is 3.30. The molecule has 4 rings (SSSR count). The molecule has 0 fully saturated rings. The zero-order valence-electron chi connectivity index (χ0n) is 16.5. The lowest BCUT2D eigenvalue weighted by Crippen LogP contribution is -2.15. The van der Waals surface area contributed by atoms with Crippen molar-refractivity contribution in [3.05, 3.63) is 58.1 Å². The van der Waals surface area contributed by atoms with E-state index in [9.17, 15) is 19.7 Å². The number of nitro benzene ring substituents is 1. The Balaban J connectivity index is 1.30. The van der Waals surface area contributed by atoms with Gasteiger partial charge in [-0.25, -0.2) is 9.98 Å². The molecule has 0 saturated heterocycles. The Morgan fingerprint density at radius 2 is 2.00 bits per heavy atom. The zero-order chi connectivity index (χ0) is 22.7. The zero-order valence-corrected chi connectivity index (χ0v) is 18.1. The number of nitrogens with one attached hydrogen (secondary N) is 2. The van der Waals surface area contributed by atoms with E-state index in [0.29, 0.717) is 16.8 Å². The third kappa shape index (κ3) is 5.21. The number of thiazole rings is 1. The first-order chi connectivity index (χ1) is 15.4. The number of carboxylic acids is 1. The van der Waals surface area contributed by atoms with Crippen molar-refractivity contribution >= 4 is 66.1 Å². The van der Waals surface area contributed by atoms with Crippen LogP contribution >= 0.6 is 23.1 Å². The number of benzene rings is 2. The Bertz CT molecular complexity index is 1220. The van der Waals surface area contributed by atoms with Crippen molar-refractivity contribution in [1.29, 1.82) is 0 Å². The number of nitro groups is 1. The van der Waals surface area contributed by atoms with Crippen LogP contribution in [0.4, 0.5) is 16.5 Å². The first-order valence-electron chi connectivity index (χ1n) is 9.53. The normalized spacial score (nSPS) is 15.6. The molecule has 2 heterocycles. The van der Waals surface area contributed by atoms with Crippen molar-refractivity contribution in [2.24, 2.45) is 4.99 Å². The molecule has 164 valence electrons. The molecular weight excluding hydrogens is 454 g/mol. The monoisotopic (exact) mass is 471 g/mol. The maximum atomic E-state index is 11.8. The first kappa shape index (κ1) is 21.7. The van der Waals surface area contributed by atoms with Crippen LogP contribution in [0.3, 0.4) is 0 Å². The molecule has 0 saturated carbocycles. The van der Waals surface area contributed by atoms with E-state index in [1.165, 1.54) is 23.5 Å². The minimum absolute atomic E-state index is 0.0464. The predicted octanol–water partition coefficient (Wildman–Crippen LogP) is 3.74. The number of aliphatic carboxylic acids is 1. The second-order valence-electron chi connectivity index (χ2n) is 6.90. The van der Waals surface area contributed by atoms with E-state index in [1.807, 2.05) is 24.3 Å². The molecule has 1 aromatic heterocycles. The minimum atomic E-state index is -1.06. The number of carbonyl (C=O) groups excluding carboxylic acids is 1. The number of aliphatic imine (C=N–C) groups is 1. The molecule has 0 radical (unpaired) electrons. The number of non-ortho nitro benzene ring substituents is 1. The molecule has 2 aromatic carbocycles. The van der Waals surface area contributed by atoms with E-state index in [-0.39, 0.29) is 17.2 Å². The quantitative estimate of drug-likeness (QED) is 0.330. The van der Waals surface area contributed by atoms with Crippen LogP contribution in [-0.2, 0) is 16.0 Å². The van der Waals surface area contributed by atoms with Crippen molar-refractivity contribution in [3.63, 3.8) is 0 Å². The highest BCUT2D eigenvalue weighted by molar-refractivity contribution is 8.27. The first-order valence-corrected chi connectivity index (χ1v) is 11.2. The van der Waals surface area contributed by atoms with Crippen LogP contribution < -0.4 is 10.6 Å². The van der Waals surface area contributed by atoms with Gasteiger partial charge in [-0.2, -0.15) is 0 Å². The number of carboxylic acid groups (broad SMARTS) is 1. The summed E-state index contributed by atoms with van der Waals surface area (Å²) in [6, 6.07) is 11.4. The summed E-state index contributed by atoms with van der Waals surface area (Å²) in [7, 11) is 0. The highest BCUT2D eigenvalue weighted by Crippen LogP contribution is 2.29. The number of aromatic nitrogens is 1. The molecule has 0 amide bonds. The van der Waals surface area contributed by atoms with Gasteiger partial charge in [-0.3, -0.25) is 19.7 Å². The molecule has 12 heteroatoms. The number of carbonyl (C=O) groups is 2. The van der Waals surface area contributed by atoms with Gasteiger partial charge in [-0.15, -0.1) is 0 Å². The number of fused-ring (bicyclic) bond motifs is 1. The summed E-state index contributed by atoms with van der Waals surface area (Å²) in [6.45, 7) is 0.641. The molecule has 0 unspecified atom stereocenters. The SMILES string of the molecule is O=C(O)C[C@@H]1N=C(Nc2ccc(CCNc3nc4ccc([N+](=O)[O-])cc4s3)cc2)SC1=O. The van der Waals surface area contributed by atoms with Gasteiger partial charge in [0.15, 0.2) is 10.3 Å². The molecule has 32 heavy (non-hydrogen) atoms. The standard InChI is InChI=1S/C20H17N5O5S2/c26-17(27)10-15-18(28)32-20(24-15)22-12-3-1-11(2-4-12)7-8-21-19-23-14-6-5-13(25(29)30)9-16(14)31-19/h1-6,9,15H,7-8,10H2,(H,21,23)(H,22,24)(H,26,27)/t15-/m0/s1. The van der Waals surface area contributed by atoms with Gasteiger partial charge in [0.05, 0.1) is 21.6 Å². The summed E-state index contributed by atoms with van der Waals surface area (Å²) in [4.78, 5) is 41.6. The van der Waals surface area contributed by atoms with Crippen LogP contribution in [0.1, 0.15) is 12.0 Å². The van der Waals surface area contributed by atoms with Gasteiger partial charge < -0.3 is 15.7 Å². The second kappa shape index (κ2) is 9.32. The Labute approximate surface area is 189 Å². The number of anilines is 2. The number of hydrogen-bond acceptors (Lipinski definition) is 10. The molecule has 10 nitrogen and oxygen atoms in total. The third-order valence-corrected chi connectivity index (χ3v) is 6.44. The summed E-state index contributed by atoms with van der Waals surface area (Å²) >= 11 is 2.29. The van der Waals surface area contributed by atoms with E-state index in [4.69, 9.17) is 5.11 Å². The van der Waals surface area contributed by atoms with Crippen molar-refractivity contribution in [1.82, 2.24) is 4.98 Å². The van der Waals surface area contributed by atoms with Crippen LogP contribution in [0.15, 0.2) is 47.5 Å². The molecule has 0 aliphatic carbocycles. The van der Waals surface area contributed by atoms with Gasteiger partial charge >= 0.3 is 5.97 Å². The Morgan fingerprint density at radius 1 is 1.22 bits per heavy atom. The number of nitrogens with zero attached hydrogens (tertiary/aromatic N) is 3. The third-order valence-electron chi connectivity index (χ3n) is 4.59. The van der Waals surface area contributed by atoms with Crippen molar-refractivity contribution in [2.75, 3.05) is 17.2 Å². The number of hydrogen-bond donors (Lipinski definition) is 3.